The second-order valence-electron chi connectivity index (χ2n) is 9.18. The van der Waals surface area contributed by atoms with Crippen LogP contribution in [0.4, 0.5) is 10.5 Å². The number of pyridine rings is 1. The number of amides is 2. The summed E-state index contributed by atoms with van der Waals surface area (Å²) in [5, 5.41) is 22.4. The summed E-state index contributed by atoms with van der Waals surface area (Å²) in [4.78, 5) is 30.6. The fraction of sp³-hybridized carbons (Fsp3) is 0.360. The summed E-state index contributed by atoms with van der Waals surface area (Å²) >= 11 is 0. The van der Waals surface area contributed by atoms with Crippen LogP contribution in [0.2, 0.25) is 0 Å². The fourth-order valence-corrected chi connectivity index (χ4v) is 4.90. The number of rotatable bonds is 4. The molecular formula is C25H27N5O4. The monoisotopic (exact) mass is 461 g/mol. The first-order valence-electron chi connectivity index (χ1n) is 11.0. The van der Waals surface area contributed by atoms with Gasteiger partial charge in [0.15, 0.2) is 5.75 Å². The molecule has 0 unspecified atom stereocenters. The van der Waals surface area contributed by atoms with E-state index >= 15 is 0 Å². The van der Waals surface area contributed by atoms with E-state index in [1.807, 2.05) is 37.7 Å². The number of piperidine rings is 1. The summed E-state index contributed by atoms with van der Waals surface area (Å²) in [5.74, 6) is 0.233. The van der Waals surface area contributed by atoms with Crippen LogP contribution < -0.4 is 10.1 Å². The molecule has 1 aliphatic heterocycles. The largest absolute Gasteiger partial charge is 0.494 e. The third-order valence-corrected chi connectivity index (χ3v) is 6.52. The zero-order valence-corrected chi connectivity index (χ0v) is 19.6. The van der Waals surface area contributed by atoms with Gasteiger partial charge >= 0.3 is 6.09 Å². The lowest BCUT2D eigenvalue weighted by atomic mass is 9.79. The molecule has 3 heterocycles. The van der Waals surface area contributed by atoms with Gasteiger partial charge in [-0.05, 0) is 56.4 Å². The molecule has 0 bridgehead atoms. The highest BCUT2D eigenvalue weighted by atomic mass is 16.5. The Labute approximate surface area is 197 Å². The Morgan fingerprint density at radius 1 is 1.35 bits per heavy atom. The number of hydrogen-bond donors (Lipinski definition) is 2. The average molecular weight is 462 g/mol. The van der Waals surface area contributed by atoms with E-state index < -0.39 is 11.6 Å². The Hall–Kier alpha value is -4.06. The predicted octanol–water partition coefficient (Wildman–Crippen LogP) is 4.34. The van der Waals surface area contributed by atoms with Gasteiger partial charge in [-0.15, -0.1) is 0 Å². The van der Waals surface area contributed by atoms with E-state index in [-0.39, 0.29) is 11.8 Å². The van der Waals surface area contributed by atoms with Crippen molar-refractivity contribution in [2.75, 3.05) is 19.0 Å². The van der Waals surface area contributed by atoms with Gasteiger partial charge in [-0.25, -0.2) is 9.78 Å². The highest BCUT2D eigenvalue weighted by Gasteiger charge is 2.39. The Morgan fingerprint density at radius 3 is 2.76 bits per heavy atom. The van der Waals surface area contributed by atoms with Crippen molar-refractivity contribution in [3.05, 3.63) is 53.3 Å². The van der Waals surface area contributed by atoms with Crippen molar-refractivity contribution >= 4 is 28.7 Å². The molecule has 3 aromatic rings. The van der Waals surface area contributed by atoms with Gasteiger partial charge < -0.3 is 24.6 Å². The SMILES string of the molecule is COc1c(NC(=O)c2cccc(C#N)c2)cnc2c1c([C@@H]1CCN(C(=O)O)C(C)(C)C1)cn2C. The molecule has 2 amide bonds. The highest BCUT2D eigenvalue weighted by Crippen LogP contribution is 2.44. The van der Waals surface area contributed by atoms with Crippen LogP contribution >= 0.6 is 0 Å². The van der Waals surface area contributed by atoms with Crippen LogP contribution in [0.1, 0.15) is 54.1 Å². The fourth-order valence-electron chi connectivity index (χ4n) is 4.90. The summed E-state index contributed by atoms with van der Waals surface area (Å²) in [6, 6.07) is 8.50. The molecule has 1 fully saturated rings. The average Bonchev–Trinajstić information content (AvgIpc) is 3.14. The lowest BCUT2D eigenvalue weighted by molar-refractivity contribution is 0.0607. The maximum atomic E-state index is 12.9. The van der Waals surface area contributed by atoms with E-state index in [4.69, 9.17) is 10.00 Å². The number of carbonyl (C=O) groups is 2. The van der Waals surface area contributed by atoms with E-state index in [0.29, 0.717) is 42.0 Å². The van der Waals surface area contributed by atoms with Crippen LogP contribution in [0.5, 0.6) is 5.75 Å². The lowest BCUT2D eigenvalue weighted by Gasteiger charge is -2.44. The zero-order valence-electron chi connectivity index (χ0n) is 19.6. The maximum absolute atomic E-state index is 12.9. The first-order valence-corrected chi connectivity index (χ1v) is 11.0. The van der Waals surface area contributed by atoms with Crippen LogP contribution in [-0.4, -0.2) is 50.8 Å². The molecule has 1 aliphatic rings. The molecule has 1 atom stereocenters. The number of nitriles is 1. The summed E-state index contributed by atoms with van der Waals surface area (Å²) in [5.41, 5.74) is 2.40. The molecule has 9 nitrogen and oxygen atoms in total. The molecule has 1 saturated heterocycles. The van der Waals surface area contributed by atoms with Gasteiger partial charge in [0.05, 0.1) is 30.3 Å². The zero-order chi connectivity index (χ0) is 24.6. The van der Waals surface area contributed by atoms with Crippen molar-refractivity contribution in [1.82, 2.24) is 14.5 Å². The van der Waals surface area contributed by atoms with Crippen LogP contribution in [-0.2, 0) is 7.05 Å². The third kappa shape index (κ3) is 4.03. The van der Waals surface area contributed by atoms with Crippen molar-refractivity contribution in [3.8, 4) is 11.8 Å². The van der Waals surface area contributed by atoms with Gasteiger partial charge in [-0.3, -0.25) is 4.79 Å². The smallest absolute Gasteiger partial charge is 0.407 e. The normalized spacial score (nSPS) is 17.3. The van der Waals surface area contributed by atoms with Gasteiger partial charge in [0.25, 0.3) is 5.91 Å². The minimum absolute atomic E-state index is 0.100. The quantitative estimate of drug-likeness (QED) is 0.596. The third-order valence-electron chi connectivity index (χ3n) is 6.52. The number of benzene rings is 1. The Morgan fingerprint density at radius 2 is 2.12 bits per heavy atom. The van der Waals surface area contributed by atoms with Crippen LogP contribution in [0.15, 0.2) is 36.7 Å². The summed E-state index contributed by atoms with van der Waals surface area (Å²) < 4.78 is 7.69. The summed E-state index contributed by atoms with van der Waals surface area (Å²) in [7, 11) is 3.45. The van der Waals surface area contributed by atoms with E-state index in [9.17, 15) is 14.7 Å². The Balaban J connectivity index is 1.73. The van der Waals surface area contributed by atoms with Gasteiger partial charge in [0, 0.05) is 30.9 Å². The predicted molar refractivity (Wildman–Crippen MR) is 127 cm³/mol. The first-order chi connectivity index (χ1) is 16.2. The van der Waals surface area contributed by atoms with Gasteiger partial charge in [-0.1, -0.05) is 6.07 Å². The molecule has 1 aromatic carbocycles. The van der Waals surface area contributed by atoms with Crippen LogP contribution in [0.3, 0.4) is 0 Å². The van der Waals surface area contributed by atoms with E-state index in [2.05, 4.69) is 10.3 Å². The minimum Gasteiger partial charge on any atom is -0.494 e. The molecule has 0 saturated carbocycles. The highest BCUT2D eigenvalue weighted by molar-refractivity contribution is 6.07. The number of likely N-dealkylation sites (tertiary alicyclic amines) is 1. The van der Waals surface area contributed by atoms with E-state index in [1.165, 1.54) is 11.0 Å². The molecule has 0 spiro atoms. The van der Waals surface area contributed by atoms with E-state index in [0.717, 1.165) is 16.6 Å². The van der Waals surface area contributed by atoms with Gasteiger partial charge in [0.2, 0.25) is 0 Å². The van der Waals surface area contributed by atoms with Crippen molar-refractivity contribution in [2.45, 2.75) is 38.1 Å². The van der Waals surface area contributed by atoms with Crippen LogP contribution in [0, 0.1) is 11.3 Å². The number of anilines is 1. The molecule has 2 aromatic heterocycles. The molecule has 4 rings (SSSR count). The maximum Gasteiger partial charge on any atom is 0.407 e. The Kier molecular flexibility index (Phi) is 5.92. The number of nitrogens with zero attached hydrogens (tertiary/aromatic N) is 4. The molecule has 0 aliphatic carbocycles. The Bertz CT molecular complexity index is 1320. The number of hydrogen-bond acceptors (Lipinski definition) is 5. The summed E-state index contributed by atoms with van der Waals surface area (Å²) in [6.45, 7) is 4.31. The van der Waals surface area contributed by atoms with Crippen molar-refractivity contribution in [2.24, 2.45) is 7.05 Å². The second kappa shape index (κ2) is 8.71. The summed E-state index contributed by atoms with van der Waals surface area (Å²) in [6.07, 6.45) is 3.99. The number of ether oxygens (including phenoxy) is 1. The van der Waals surface area contributed by atoms with Gasteiger partial charge in [0.1, 0.15) is 11.3 Å². The molecule has 9 heteroatoms. The van der Waals surface area contributed by atoms with Crippen LogP contribution in [0.25, 0.3) is 11.0 Å². The number of fused-ring (bicyclic) bond motifs is 1. The topological polar surface area (TPSA) is 120 Å². The van der Waals surface area contributed by atoms with E-state index in [1.54, 1.807) is 31.5 Å². The number of aromatic nitrogens is 2. The first kappa shape index (κ1) is 23.1. The molecule has 0 radical (unpaired) electrons. The van der Waals surface area contributed by atoms with Crippen molar-refractivity contribution in [3.63, 3.8) is 0 Å². The lowest BCUT2D eigenvalue weighted by Crippen LogP contribution is -2.51. The molecule has 176 valence electrons. The molecule has 34 heavy (non-hydrogen) atoms. The second-order valence-corrected chi connectivity index (χ2v) is 9.18. The standard InChI is InChI=1S/C25H27N5O4/c1-25(2)11-17(8-9-30(25)24(32)33)18-14-29(3)22-20(18)21(34-4)19(13-27-22)28-23(31)16-7-5-6-15(10-16)12-26/h5-7,10,13-14,17H,8-9,11H2,1-4H3,(H,28,31)(H,32,33)/t17-/m1/s1. The minimum atomic E-state index is -0.911. The van der Waals surface area contributed by atoms with Crippen molar-refractivity contribution in [1.29, 1.82) is 5.26 Å². The number of nitrogens with one attached hydrogen (secondary N) is 1. The molecular weight excluding hydrogens is 434 g/mol. The number of methoxy groups -OCH3 is 1. The molecule has 2 N–H and O–H groups in total. The number of aryl methyl sites for hydroxylation is 1. The van der Waals surface area contributed by atoms with Gasteiger partial charge in [-0.2, -0.15) is 5.26 Å². The van der Waals surface area contributed by atoms with Crippen molar-refractivity contribution < 1.29 is 19.4 Å². The number of carboxylic acid groups (broad SMARTS) is 1. The number of carbonyl (C=O) groups excluding carboxylic acids is 1.